The highest BCUT2D eigenvalue weighted by atomic mass is 35.5. The van der Waals surface area contributed by atoms with Crippen LogP contribution in [0.4, 0.5) is 0 Å². The largest absolute Gasteiger partial charge is 0.496 e. The van der Waals surface area contributed by atoms with Gasteiger partial charge in [0.1, 0.15) is 5.75 Å². The van der Waals surface area contributed by atoms with Gasteiger partial charge in [-0.2, -0.15) is 0 Å². The number of methoxy groups -OCH3 is 1. The summed E-state index contributed by atoms with van der Waals surface area (Å²) in [5.74, 6) is 0.839. The maximum atomic E-state index is 6.36. The van der Waals surface area contributed by atoms with Crippen molar-refractivity contribution in [2.75, 3.05) is 20.2 Å². The Labute approximate surface area is 114 Å². The van der Waals surface area contributed by atoms with Gasteiger partial charge in [0.25, 0.3) is 0 Å². The Morgan fingerprint density at radius 2 is 2.28 bits per heavy atom. The van der Waals surface area contributed by atoms with Gasteiger partial charge in [0.15, 0.2) is 0 Å². The second-order valence-corrected chi connectivity index (χ2v) is 5.20. The molecule has 1 fully saturated rings. The Bertz CT molecular complexity index is 409. The molecule has 4 heteroatoms. The number of ether oxygens (including phenoxy) is 1. The Hall–Kier alpha value is -0.770. The maximum absolute atomic E-state index is 6.36. The molecule has 100 valence electrons. The van der Waals surface area contributed by atoms with Crippen LogP contribution in [0.5, 0.6) is 5.75 Å². The Morgan fingerprint density at radius 1 is 1.50 bits per heavy atom. The molecule has 0 radical (unpaired) electrons. The molecule has 18 heavy (non-hydrogen) atoms. The number of likely N-dealkylation sites (tertiary alicyclic amines) is 1. The van der Waals surface area contributed by atoms with E-state index in [1.807, 2.05) is 18.2 Å². The van der Waals surface area contributed by atoms with Crippen LogP contribution < -0.4 is 10.5 Å². The van der Waals surface area contributed by atoms with E-state index < -0.39 is 0 Å². The van der Waals surface area contributed by atoms with E-state index in [0.29, 0.717) is 0 Å². The van der Waals surface area contributed by atoms with Crippen molar-refractivity contribution in [3.05, 3.63) is 28.8 Å². The van der Waals surface area contributed by atoms with Crippen molar-refractivity contribution in [3.63, 3.8) is 0 Å². The van der Waals surface area contributed by atoms with Crippen molar-refractivity contribution >= 4 is 11.6 Å². The minimum atomic E-state index is 0.130. The molecule has 1 aromatic rings. The van der Waals surface area contributed by atoms with E-state index in [1.165, 1.54) is 0 Å². The number of nitrogens with zero attached hydrogens (tertiary/aromatic N) is 1. The first kappa shape index (κ1) is 13.7. The molecule has 1 aliphatic heterocycles. The Morgan fingerprint density at radius 3 is 2.94 bits per heavy atom. The quantitative estimate of drug-likeness (QED) is 0.913. The predicted molar refractivity (Wildman–Crippen MR) is 75.2 cm³/mol. The molecule has 2 rings (SSSR count). The molecule has 1 aromatic carbocycles. The standard InChI is InChI=1S/C14H21ClN2O/c1-3-8-17-9-7-11(16)14(17)13-10(15)5-4-6-12(13)18-2/h4-6,11,14H,3,7-9,16H2,1-2H3. The smallest absolute Gasteiger partial charge is 0.125 e. The highest BCUT2D eigenvalue weighted by Gasteiger charge is 2.35. The molecule has 2 unspecified atom stereocenters. The summed E-state index contributed by atoms with van der Waals surface area (Å²) in [4.78, 5) is 2.41. The van der Waals surface area contributed by atoms with Crippen LogP contribution in [-0.2, 0) is 0 Å². The minimum absolute atomic E-state index is 0.130. The second-order valence-electron chi connectivity index (χ2n) is 4.79. The lowest BCUT2D eigenvalue weighted by molar-refractivity contribution is 0.242. The molecule has 0 aromatic heterocycles. The predicted octanol–water partition coefficient (Wildman–Crippen LogP) is 2.83. The van der Waals surface area contributed by atoms with E-state index >= 15 is 0 Å². The summed E-state index contributed by atoms with van der Waals surface area (Å²) >= 11 is 6.36. The molecule has 2 N–H and O–H groups in total. The van der Waals surface area contributed by atoms with Crippen molar-refractivity contribution < 1.29 is 4.74 Å². The Balaban J connectivity index is 2.39. The molecule has 1 saturated heterocycles. The summed E-state index contributed by atoms with van der Waals surface area (Å²) in [6.07, 6.45) is 2.13. The van der Waals surface area contributed by atoms with E-state index in [0.717, 1.165) is 42.3 Å². The number of nitrogens with two attached hydrogens (primary N) is 1. The molecule has 1 heterocycles. The molecule has 0 bridgehead atoms. The third kappa shape index (κ3) is 2.48. The number of hydrogen-bond donors (Lipinski definition) is 1. The molecule has 0 amide bonds. The van der Waals surface area contributed by atoms with Gasteiger partial charge in [-0.25, -0.2) is 0 Å². The summed E-state index contributed by atoms with van der Waals surface area (Å²) < 4.78 is 5.45. The zero-order valence-electron chi connectivity index (χ0n) is 11.0. The van der Waals surface area contributed by atoms with E-state index in [4.69, 9.17) is 22.1 Å². The van der Waals surface area contributed by atoms with Gasteiger partial charge in [0, 0.05) is 23.2 Å². The maximum Gasteiger partial charge on any atom is 0.125 e. The van der Waals surface area contributed by atoms with E-state index in [2.05, 4.69) is 11.8 Å². The van der Waals surface area contributed by atoms with E-state index in [9.17, 15) is 0 Å². The van der Waals surface area contributed by atoms with Crippen molar-refractivity contribution in [2.24, 2.45) is 5.73 Å². The van der Waals surface area contributed by atoms with Gasteiger partial charge >= 0.3 is 0 Å². The van der Waals surface area contributed by atoms with Gasteiger partial charge < -0.3 is 10.5 Å². The van der Waals surface area contributed by atoms with Crippen LogP contribution >= 0.6 is 11.6 Å². The average Bonchev–Trinajstić information content (AvgIpc) is 2.71. The molecular weight excluding hydrogens is 248 g/mol. The molecule has 0 spiro atoms. The van der Waals surface area contributed by atoms with Crippen LogP contribution in [0, 0.1) is 0 Å². The Kier molecular flexibility index (Phi) is 4.49. The first-order valence-electron chi connectivity index (χ1n) is 6.51. The third-order valence-electron chi connectivity index (χ3n) is 3.59. The summed E-state index contributed by atoms with van der Waals surface area (Å²) in [5.41, 5.74) is 7.31. The van der Waals surface area contributed by atoms with Gasteiger partial charge in [0.05, 0.1) is 13.2 Å². The minimum Gasteiger partial charge on any atom is -0.496 e. The van der Waals surface area contributed by atoms with E-state index in [-0.39, 0.29) is 12.1 Å². The average molecular weight is 269 g/mol. The molecule has 3 nitrogen and oxygen atoms in total. The van der Waals surface area contributed by atoms with Crippen molar-refractivity contribution in [1.82, 2.24) is 4.90 Å². The van der Waals surface area contributed by atoms with Crippen LogP contribution in [0.25, 0.3) is 0 Å². The summed E-state index contributed by atoms with van der Waals surface area (Å²) in [7, 11) is 1.68. The van der Waals surface area contributed by atoms with Gasteiger partial charge in [-0.3, -0.25) is 4.90 Å². The molecular formula is C14H21ClN2O. The van der Waals surface area contributed by atoms with Crippen molar-refractivity contribution in [1.29, 1.82) is 0 Å². The number of rotatable bonds is 4. The van der Waals surface area contributed by atoms with Gasteiger partial charge in [-0.15, -0.1) is 0 Å². The highest BCUT2D eigenvalue weighted by Crippen LogP contribution is 2.40. The molecule has 2 atom stereocenters. The SMILES string of the molecule is CCCN1CCC(N)C1c1c(Cl)cccc1OC. The van der Waals surface area contributed by atoms with Gasteiger partial charge in [-0.05, 0) is 31.5 Å². The first-order valence-corrected chi connectivity index (χ1v) is 6.88. The van der Waals surface area contributed by atoms with Crippen LogP contribution in [0.15, 0.2) is 18.2 Å². The van der Waals surface area contributed by atoms with Crippen LogP contribution in [-0.4, -0.2) is 31.1 Å². The number of benzene rings is 1. The topological polar surface area (TPSA) is 38.5 Å². The van der Waals surface area contributed by atoms with Crippen LogP contribution in [0.1, 0.15) is 31.4 Å². The second kappa shape index (κ2) is 5.91. The fourth-order valence-corrected chi connectivity index (χ4v) is 3.08. The van der Waals surface area contributed by atoms with Crippen molar-refractivity contribution in [3.8, 4) is 5.75 Å². The van der Waals surface area contributed by atoms with Gasteiger partial charge in [-0.1, -0.05) is 24.6 Å². The lowest BCUT2D eigenvalue weighted by Gasteiger charge is -2.28. The lowest BCUT2D eigenvalue weighted by atomic mass is 9.99. The number of hydrogen-bond acceptors (Lipinski definition) is 3. The molecule has 0 aliphatic carbocycles. The lowest BCUT2D eigenvalue weighted by Crippen LogP contribution is -2.32. The highest BCUT2D eigenvalue weighted by molar-refractivity contribution is 6.31. The normalized spacial score (nSPS) is 24.4. The van der Waals surface area contributed by atoms with Gasteiger partial charge in [0.2, 0.25) is 0 Å². The fourth-order valence-electron chi connectivity index (χ4n) is 2.80. The van der Waals surface area contributed by atoms with E-state index in [1.54, 1.807) is 7.11 Å². The zero-order chi connectivity index (χ0) is 13.1. The fraction of sp³-hybridized carbons (Fsp3) is 0.571. The summed E-state index contributed by atoms with van der Waals surface area (Å²) in [5, 5.41) is 0.748. The monoisotopic (exact) mass is 268 g/mol. The van der Waals surface area contributed by atoms with Crippen LogP contribution in [0.3, 0.4) is 0 Å². The van der Waals surface area contributed by atoms with Crippen molar-refractivity contribution in [2.45, 2.75) is 31.8 Å². The summed E-state index contributed by atoms with van der Waals surface area (Å²) in [6, 6.07) is 6.08. The zero-order valence-corrected chi connectivity index (χ0v) is 11.8. The molecule has 1 aliphatic rings. The summed E-state index contributed by atoms with van der Waals surface area (Å²) in [6.45, 7) is 4.27. The third-order valence-corrected chi connectivity index (χ3v) is 3.92. The number of halogens is 1. The van der Waals surface area contributed by atoms with Crippen LogP contribution in [0.2, 0.25) is 5.02 Å². The molecule has 0 saturated carbocycles. The first-order chi connectivity index (χ1) is 8.69.